The molecule has 0 atom stereocenters. The van der Waals surface area contributed by atoms with Crippen molar-refractivity contribution in [3.8, 4) is 11.1 Å². The van der Waals surface area contributed by atoms with Gasteiger partial charge in [-0.25, -0.2) is 0 Å². The highest BCUT2D eigenvalue weighted by atomic mass is 31.2. The lowest BCUT2D eigenvalue weighted by atomic mass is 9.81. The summed E-state index contributed by atoms with van der Waals surface area (Å²) in [6, 6.07) is 32.9. The van der Waals surface area contributed by atoms with Crippen LogP contribution in [-0.4, -0.2) is 15.6 Å². The van der Waals surface area contributed by atoms with Crippen molar-refractivity contribution in [3.05, 3.63) is 132 Å². The van der Waals surface area contributed by atoms with Crippen LogP contribution in [0.1, 0.15) is 21.5 Å². The molecule has 0 amide bonds. The summed E-state index contributed by atoms with van der Waals surface area (Å²) in [5, 5.41) is -2.17. The maximum Gasteiger partial charge on any atom is 0.348 e. The van der Waals surface area contributed by atoms with Gasteiger partial charge < -0.3 is 9.79 Å². The third-order valence-corrected chi connectivity index (χ3v) is 7.00. The van der Waals surface area contributed by atoms with E-state index in [2.05, 4.69) is 0 Å². The van der Waals surface area contributed by atoms with Crippen LogP contribution in [0, 0.1) is 0 Å². The Bertz CT molecular complexity index is 1190. The van der Waals surface area contributed by atoms with E-state index in [-0.39, 0.29) is 16.7 Å². The van der Waals surface area contributed by atoms with Crippen LogP contribution in [0.4, 0.5) is 0 Å². The first kappa shape index (κ1) is 21.0. The van der Waals surface area contributed by atoms with Crippen LogP contribution in [0.25, 0.3) is 11.1 Å². The average molecular weight is 428 g/mol. The van der Waals surface area contributed by atoms with Gasteiger partial charge in [-0.05, 0) is 22.3 Å². The predicted molar refractivity (Wildman–Crippen MR) is 122 cm³/mol. The Balaban J connectivity index is 2.06. The van der Waals surface area contributed by atoms with Crippen LogP contribution in [0.15, 0.2) is 115 Å². The van der Waals surface area contributed by atoms with E-state index in [9.17, 15) is 19.1 Å². The van der Waals surface area contributed by atoms with E-state index in [4.69, 9.17) is 0 Å². The third kappa shape index (κ3) is 3.66. The van der Waals surface area contributed by atoms with Gasteiger partial charge in [0.15, 0.2) is 10.9 Å². The van der Waals surface area contributed by atoms with Crippen molar-refractivity contribution in [1.82, 2.24) is 0 Å². The lowest BCUT2D eigenvalue weighted by Crippen LogP contribution is -2.37. The summed E-state index contributed by atoms with van der Waals surface area (Å²) in [5.74, 6) is -0.641. The minimum atomic E-state index is -5.03. The Labute approximate surface area is 181 Å². The molecule has 4 aromatic rings. The SMILES string of the molecule is O=C(c1ccccc1-c1ccccc1)C(c1ccccc1)(c1ccccc1)P(=O)(O)O. The van der Waals surface area contributed by atoms with E-state index < -0.39 is 18.5 Å². The smallest absolute Gasteiger partial charge is 0.323 e. The summed E-state index contributed by atoms with van der Waals surface area (Å²) in [6.45, 7) is 0. The first-order chi connectivity index (χ1) is 15.0. The van der Waals surface area contributed by atoms with Crippen LogP contribution < -0.4 is 0 Å². The Hall–Kier alpha value is -3.30. The number of benzene rings is 4. The van der Waals surface area contributed by atoms with Gasteiger partial charge in [0.25, 0.3) is 0 Å². The molecule has 154 valence electrons. The Morgan fingerprint density at radius 1 is 0.613 bits per heavy atom. The number of Topliss-reactive ketones (excluding diaryl/α,β-unsaturated/α-hetero) is 1. The second kappa shape index (κ2) is 8.44. The molecule has 5 heteroatoms. The molecule has 0 saturated carbocycles. The Morgan fingerprint density at radius 2 is 1.03 bits per heavy atom. The number of carbonyl (C=O) groups is 1. The number of ketones is 1. The maximum atomic E-state index is 14.2. The fraction of sp³-hybridized carbons (Fsp3) is 0.0385. The molecule has 0 unspecified atom stereocenters. The molecule has 0 aromatic heterocycles. The molecule has 0 spiro atoms. The van der Waals surface area contributed by atoms with Crippen LogP contribution in [-0.2, 0) is 9.72 Å². The molecule has 0 aliphatic heterocycles. The molecule has 0 fully saturated rings. The van der Waals surface area contributed by atoms with Crippen molar-refractivity contribution in [2.24, 2.45) is 0 Å². The zero-order valence-corrected chi connectivity index (χ0v) is 17.5. The van der Waals surface area contributed by atoms with Gasteiger partial charge in [0, 0.05) is 5.56 Å². The van der Waals surface area contributed by atoms with E-state index in [0.717, 1.165) is 5.56 Å². The van der Waals surface area contributed by atoms with E-state index >= 15 is 0 Å². The first-order valence-corrected chi connectivity index (χ1v) is 11.4. The zero-order valence-electron chi connectivity index (χ0n) is 16.6. The van der Waals surface area contributed by atoms with E-state index in [1.807, 2.05) is 36.4 Å². The fourth-order valence-electron chi connectivity index (χ4n) is 4.00. The monoisotopic (exact) mass is 428 g/mol. The quantitative estimate of drug-likeness (QED) is 0.307. The topological polar surface area (TPSA) is 74.6 Å². The van der Waals surface area contributed by atoms with Gasteiger partial charge in [0.2, 0.25) is 0 Å². The van der Waals surface area contributed by atoms with Crippen molar-refractivity contribution >= 4 is 13.4 Å². The van der Waals surface area contributed by atoms with Crippen molar-refractivity contribution in [3.63, 3.8) is 0 Å². The Morgan fingerprint density at radius 3 is 1.52 bits per heavy atom. The number of hydrogen-bond donors (Lipinski definition) is 2. The third-order valence-electron chi connectivity index (χ3n) is 5.41. The molecular weight excluding hydrogens is 407 g/mol. The molecule has 31 heavy (non-hydrogen) atoms. The molecule has 0 saturated heterocycles. The van der Waals surface area contributed by atoms with Crippen LogP contribution in [0.3, 0.4) is 0 Å². The second-order valence-electron chi connectivity index (χ2n) is 7.23. The summed E-state index contributed by atoms with van der Waals surface area (Å²) in [6.07, 6.45) is 0. The van der Waals surface area contributed by atoms with Gasteiger partial charge in [-0.3, -0.25) is 9.36 Å². The molecule has 0 heterocycles. The highest BCUT2D eigenvalue weighted by molar-refractivity contribution is 7.54. The molecule has 4 nitrogen and oxygen atoms in total. The molecule has 4 rings (SSSR count). The number of carbonyl (C=O) groups excluding carboxylic acids is 1. The predicted octanol–water partition coefficient (Wildman–Crippen LogP) is 5.66. The van der Waals surface area contributed by atoms with E-state index in [1.54, 1.807) is 78.9 Å². The number of rotatable bonds is 6. The lowest BCUT2D eigenvalue weighted by molar-refractivity contribution is 0.0942. The van der Waals surface area contributed by atoms with Crippen LogP contribution in [0.5, 0.6) is 0 Å². The highest BCUT2D eigenvalue weighted by Crippen LogP contribution is 2.62. The van der Waals surface area contributed by atoms with Crippen molar-refractivity contribution in [2.75, 3.05) is 0 Å². The second-order valence-corrected chi connectivity index (χ2v) is 8.99. The van der Waals surface area contributed by atoms with Crippen molar-refractivity contribution < 1.29 is 19.1 Å². The van der Waals surface area contributed by atoms with E-state index in [0.29, 0.717) is 5.56 Å². The highest BCUT2D eigenvalue weighted by Gasteiger charge is 2.56. The van der Waals surface area contributed by atoms with Crippen LogP contribution >= 0.6 is 7.60 Å². The van der Waals surface area contributed by atoms with Crippen molar-refractivity contribution in [2.45, 2.75) is 5.16 Å². The molecule has 0 bridgehead atoms. The maximum absolute atomic E-state index is 14.2. The zero-order chi connectivity index (χ0) is 21.9. The normalized spacial score (nSPS) is 11.8. The number of hydrogen-bond acceptors (Lipinski definition) is 2. The van der Waals surface area contributed by atoms with Gasteiger partial charge in [-0.15, -0.1) is 0 Å². The van der Waals surface area contributed by atoms with Crippen LogP contribution in [0.2, 0.25) is 0 Å². The standard InChI is InChI=1S/C26H21O4P/c27-25(24-19-11-10-18-23(24)20-12-4-1-5-13-20)26(31(28,29)30,21-14-6-2-7-15-21)22-16-8-3-9-17-22/h1-19H,(H2,28,29,30). The summed E-state index contributed by atoms with van der Waals surface area (Å²) >= 11 is 0. The molecule has 4 aromatic carbocycles. The van der Waals surface area contributed by atoms with Gasteiger partial charge in [-0.1, -0.05) is 115 Å². The summed E-state index contributed by atoms with van der Waals surface area (Å²) in [4.78, 5) is 35.7. The van der Waals surface area contributed by atoms with Gasteiger partial charge in [0.1, 0.15) is 0 Å². The fourth-order valence-corrected chi connectivity index (χ4v) is 5.36. The minimum absolute atomic E-state index is 0.252. The summed E-state index contributed by atoms with van der Waals surface area (Å²) in [7, 11) is -5.03. The van der Waals surface area contributed by atoms with Gasteiger partial charge in [-0.2, -0.15) is 0 Å². The van der Waals surface area contributed by atoms with E-state index in [1.165, 1.54) is 0 Å². The van der Waals surface area contributed by atoms with Gasteiger partial charge >= 0.3 is 7.60 Å². The molecule has 0 aliphatic rings. The minimum Gasteiger partial charge on any atom is -0.323 e. The largest absolute Gasteiger partial charge is 0.348 e. The summed E-state index contributed by atoms with van der Waals surface area (Å²) < 4.78 is 13.2. The van der Waals surface area contributed by atoms with Crippen molar-refractivity contribution in [1.29, 1.82) is 0 Å². The van der Waals surface area contributed by atoms with Gasteiger partial charge in [0.05, 0.1) is 0 Å². The first-order valence-electron chi connectivity index (χ1n) is 9.82. The molecule has 0 radical (unpaired) electrons. The summed E-state index contributed by atoms with van der Waals surface area (Å²) in [5.41, 5.74) is 2.18. The average Bonchev–Trinajstić information content (AvgIpc) is 2.80. The molecule has 2 N–H and O–H groups in total. The Kier molecular flexibility index (Phi) is 5.71. The molecule has 0 aliphatic carbocycles. The molecular formula is C26H21O4P. The lowest BCUT2D eigenvalue weighted by Gasteiger charge is -2.34.